The van der Waals surface area contributed by atoms with Crippen LogP contribution in [0.15, 0.2) is 23.1 Å². The number of rotatable bonds is 9. The van der Waals surface area contributed by atoms with Crippen molar-refractivity contribution in [2.75, 3.05) is 40.4 Å². The lowest BCUT2D eigenvalue weighted by atomic mass is 10.1. The summed E-state index contributed by atoms with van der Waals surface area (Å²) in [5.74, 6) is 0. The largest absolute Gasteiger partial charge is 0.392 e. The SMILES string of the molecule is Cc1ccc(S(=O)(=O)NCCOCCN(C)C)cc1CO. The van der Waals surface area contributed by atoms with Crippen molar-refractivity contribution in [2.24, 2.45) is 0 Å². The van der Waals surface area contributed by atoms with E-state index in [1.807, 2.05) is 25.9 Å². The first kappa shape index (κ1) is 18.1. The van der Waals surface area contributed by atoms with E-state index in [0.29, 0.717) is 18.8 Å². The van der Waals surface area contributed by atoms with Crippen LogP contribution in [-0.4, -0.2) is 58.8 Å². The molecule has 6 nitrogen and oxygen atoms in total. The van der Waals surface area contributed by atoms with Crippen LogP contribution in [0.3, 0.4) is 0 Å². The zero-order chi connectivity index (χ0) is 15.9. The molecule has 2 N–H and O–H groups in total. The minimum Gasteiger partial charge on any atom is -0.392 e. The summed E-state index contributed by atoms with van der Waals surface area (Å²) in [6.45, 7) is 3.55. The van der Waals surface area contributed by atoms with Crippen molar-refractivity contribution in [2.45, 2.75) is 18.4 Å². The molecule has 120 valence electrons. The van der Waals surface area contributed by atoms with Crippen molar-refractivity contribution < 1.29 is 18.3 Å². The summed E-state index contributed by atoms with van der Waals surface area (Å²) >= 11 is 0. The molecule has 1 rings (SSSR count). The normalized spacial score (nSPS) is 12.0. The number of likely N-dealkylation sites (N-methyl/N-ethyl adjacent to an activating group) is 1. The van der Waals surface area contributed by atoms with Crippen LogP contribution in [0.4, 0.5) is 0 Å². The molecule has 0 saturated heterocycles. The molecule has 1 aromatic carbocycles. The fourth-order valence-electron chi connectivity index (χ4n) is 1.67. The van der Waals surface area contributed by atoms with E-state index < -0.39 is 10.0 Å². The van der Waals surface area contributed by atoms with Crippen molar-refractivity contribution in [3.8, 4) is 0 Å². The quantitative estimate of drug-likeness (QED) is 0.643. The van der Waals surface area contributed by atoms with Crippen LogP contribution < -0.4 is 4.72 Å². The lowest BCUT2D eigenvalue weighted by Crippen LogP contribution is -2.28. The second-order valence-electron chi connectivity index (χ2n) is 5.06. The Bertz CT molecular complexity index is 544. The second-order valence-corrected chi connectivity index (χ2v) is 6.83. The van der Waals surface area contributed by atoms with Crippen molar-refractivity contribution in [1.82, 2.24) is 9.62 Å². The van der Waals surface area contributed by atoms with Crippen LogP contribution >= 0.6 is 0 Å². The standard InChI is InChI=1S/C14H24N2O4S/c1-12-4-5-14(10-13(12)11-17)21(18,19)15-6-8-20-9-7-16(2)3/h4-5,10,15,17H,6-9,11H2,1-3H3. The maximum absolute atomic E-state index is 12.1. The fourth-order valence-corrected chi connectivity index (χ4v) is 2.73. The van der Waals surface area contributed by atoms with Gasteiger partial charge in [-0.3, -0.25) is 0 Å². The summed E-state index contributed by atoms with van der Waals surface area (Å²) in [6, 6.07) is 4.71. The van der Waals surface area contributed by atoms with Gasteiger partial charge in [0.1, 0.15) is 0 Å². The Morgan fingerprint density at radius 2 is 2.00 bits per heavy atom. The molecule has 0 fully saturated rings. The molecular weight excluding hydrogens is 292 g/mol. The van der Waals surface area contributed by atoms with Gasteiger partial charge in [0.05, 0.1) is 24.7 Å². The van der Waals surface area contributed by atoms with Gasteiger partial charge in [0.2, 0.25) is 10.0 Å². The number of aliphatic hydroxyl groups excluding tert-OH is 1. The smallest absolute Gasteiger partial charge is 0.240 e. The van der Waals surface area contributed by atoms with E-state index in [4.69, 9.17) is 4.74 Å². The Kier molecular flexibility index (Phi) is 7.27. The number of nitrogens with zero attached hydrogens (tertiary/aromatic N) is 1. The molecule has 0 heterocycles. The molecule has 0 aliphatic heterocycles. The third-order valence-corrected chi connectivity index (χ3v) is 4.48. The van der Waals surface area contributed by atoms with Crippen LogP contribution in [-0.2, 0) is 21.4 Å². The van der Waals surface area contributed by atoms with Gasteiger partial charge in [-0.25, -0.2) is 13.1 Å². The number of benzene rings is 1. The Morgan fingerprint density at radius 3 is 2.62 bits per heavy atom. The summed E-state index contributed by atoms with van der Waals surface area (Å²) in [5.41, 5.74) is 1.48. The molecule has 1 aromatic rings. The van der Waals surface area contributed by atoms with E-state index in [-0.39, 0.29) is 18.0 Å². The Hall–Kier alpha value is -0.990. The molecule has 0 atom stereocenters. The summed E-state index contributed by atoms with van der Waals surface area (Å²) in [5, 5.41) is 9.19. The first-order chi connectivity index (χ1) is 9.86. The molecule has 21 heavy (non-hydrogen) atoms. The molecule has 0 amide bonds. The lowest BCUT2D eigenvalue weighted by Gasteiger charge is -2.11. The van der Waals surface area contributed by atoms with Gasteiger partial charge >= 0.3 is 0 Å². The molecule has 0 aromatic heterocycles. The zero-order valence-electron chi connectivity index (χ0n) is 12.8. The lowest BCUT2D eigenvalue weighted by molar-refractivity contribution is 0.122. The zero-order valence-corrected chi connectivity index (χ0v) is 13.6. The van der Waals surface area contributed by atoms with E-state index in [1.54, 1.807) is 6.07 Å². The summed E-state index contributed by atoms with van der Waals surface area (Å²) in [4.78, 5) is 2.15. The van der Waals surface area contributed by atoms with Gasteiger partial charge < -0.3 is 14.7 Å². The van der Waals surface area contributed by atoms with Gasteiger partial charge in [0.15, 0.2) is 0 Å². The van der Waals surface area contributed by atoms with Crippen LogP contribution in [0, 0.1) is 6.92 Å². The van der Waals surface area contributed by atoms with Gasteiger partial charge in [-0.2, -0.15) is 0 Å². The van der Waals surface area contributed by atoms with Crippen molar-refractivity contribution in [3.05, 3.63) is 29.3 Å². The van der Waals surface area contributed by atoms with Crippen LogP contribution in [0.5, 0.6) is 0 Å². The average molecular weight is 316 g/mol. The van der Waals surface area contributed by atoms with Crippen molar-refractivity contribution in [3.63, 3.8) is 0 Å². The molecule has 0 unspecified atom stereocenters. The maximum atomic E-state index is 12.1. The minimum absolute atomic E-state index is 0.158. The average Bonchev–Trinajstić information content (AvgIpc) is 2.42. The summed E-state index contributed by atoms with van der Waals surface area (Å²) < 4.78 is 32.0. The molecule has 0 bridgehead atoms. The van der Waals surface area contributed by atoms with Gasteiger partial charge in [0.25, 0.3) is 0 Å². The van der Waals surface area contributed by atoms with Gasteiger partial charge in [0, 0.05) is 13.1 Å². The minimum atomic E-state index is -3.56. The highest BCUT2D eigenvalue weighted by Crippen LogP contribution is 2.15. The fraction of sp³-hybridized carbons (Fsp3) is 0.571. The molecule has 0 saturated carbocycles. The Labute approximate surface area is 126 Å². The molecular formula is C14H24N2O4S. The summed E-state index contributed by atoms with van der Waals surface area (Å²) in [6.07, 6.45) is 0. The molecule has 0 spiro atoms. The number of ether oxygens (including phenoxy) is 1. The van der Waals surface area contributed by atoms with Gasteiger partial charge in [-0.1, -0.05) is 6.07 Å². The molecule has 7 heteroatoms. The van der Waals surface area contributed by atoms with E-state index in [9.17, 15) is 13.5 Å². The predicted molar refractivity (Wildman–Crippen MR) is 81.7 cm³/mol. The Balaban J connectivity index is 2.50. The number of hydrogen-bond acceptors (Lipinski definition) is 5. The number of hydrogen-bond donors (Lipinski definition) is 2. The van der Waals surface area contributed by atoms with E-state index >= 15 is 0 Å². The molecule has 0 radical (unpaired) electrons. The molecule has 0 aliphatic rings. The third kappa shape index (κ3) is 6.11. The topological polar surface area (TPSA) is 78.9 Å². The highest BCUT2D eigenvalue weighted by atomic mass is 32.2. The number of aryl methyl sites for hydroxylation is 1. The Morgan fingerprint density at radius 1 is 1.29 bits per heavy atom. The van der Waals surface area contributed by atoms with Crippen molar-refractivity contribution in [1.29, 1.82) is 0 Å². The number of aliphatic hydroxyl groups is 1. The van der Waals surface area contributed by atoms with E-state index in [0.717, 1.165) is 12.1 Å². The third-order valence-electron chi connectivity index (χ3n) is 3.02. The summed E-state index contributed by atoms with van der Waals surface area (Å²) in [7, 11) is 0.329. The van der Waals surface area contributed by atoms with E-state index in [1.165, 1.54) is 12.1 Å². The maximum Gasteiger partial charge on any atom is 0.240 e. The first-order valence-electron chi connectivity index (χ1n) is 6.79. The highest BCUT2D eigenvalue weighted by molar-refractivity contribution is 7.89. The van der Waals surface area contributed by atoms with Crippen LogP contribution in [0.25, 0.3) is 0 Å². The monoisotopic (exact) mass is 316 g/mol. The van der Waals surface area contributed by atoms with Crippen molar-refractivity contribution >= 4 is 10.0 Å². The second kappa shape index (κ2) is 8.45. The van der Waals surface area contributed by atoms with Crippen LogP contribution in [0.2, 0.25) is 0 Å². The van der Waals surface area contributed by atoms with Gasteiger partial charge in [-0.15, -0.1) is 0 Å². The van der Waals surface area contributed by atoms with E-state index in [2.05, 4.69) is 4.72 Å². The predicted octanol–water partition coefficient (Wildman–Crippen LogP) is 0.344. The number of sulfonamides is 1. The molecule has 0 aliphatic carbocycles. The number of nitrogens with one attached hydrogen (secondary N) is 1. The highest BCUT2D eigenvalue weighted by Gasteiger charge is 2.14. The van der Waals surface area contributed by atoms with Gasteiger partial charge in [-0.05, 0) is 44.3 Å². The first-order valence-corrected chi connectivity index (χ1v) is 8.27. The van der Waals surface area contributed by atoms with Crippen LogP contribution in [0.1, 0.15) is 11.1 Å².